The van der Waals surface area contributed by atoms with Crippen molar-refractivity contribution in [1.29, 1.82) is 0 Å². The number of amides is 1. The highest BCUT2D eigenvalue weighted by Gasteiger charge is 2.05. The van der Waals surface area contributed by atoms with Gasteiger partial charge in [-0.1, -0.05) is 24.3 Å². The van der Waals surface area contributed by atoms with Gasteiger partial charge in [0.2, 0.25) is 11.9 Å². The molecule has 0 aliphatic carbocycles. The van der Waals surface area contributed by atoms with Crippen LogP contribution in [-0.4, -0.2) is 17.8 Å². The Kier molecular flexibility index (Phi) is 4.03. The molecule has 1 amide bonds. The van der Waals surface area contributed by atoms with Crippen LogP contribution in [0, 0.1) is 0 Å². The van der Waals surface area contributed by atoms with Crippen LogP contribution in [0.2, 0.25) is 0 Å². The van der Waals surface area contributed by atoms with Gasteiger partial charge in [0.15, 0.2) is 5.96 Å². The van der Waals surface area contributed by atoms with Crippen LogP contribution >= 0.6 is 0 Å². The maximum atomic E-state index is 11.3. The van der Waals surface area contributed by atoms with Gasteiger partial charge in [0, 0.05) is 12.3 Å². The fourth-order valence-electron chi connectivity index (χ4n) is 1.94. The molecule has 2 aromatic rings. The van der Waals surface area contributed by atoms with E-state index in [1.54, 1.807) is 6.07 Å². The first kappa shape index (κ1) is 14.3. The molecule has 2 rings (SSSR count). The molecule has 0 aliphatic heterocycles. The Hall–Kier alpha value is -3.09. The summed E-state index contributed by atoms with van der Waals surface area (Å²) in [5.74, 6) is -0.392. The molecule has 0 unspecified atom stereocenters. The van der Waals surface area contributed by atoms with Crippen molar-refractivity contribution in [3.63, 3.8) is 0 Å². The highest BCUT2D eigenvalue weighted by molar-refractivity contribution is 6.03. The molecular formula is C14H16N6O. The molecule has 0 saturated heterocycles. The molecule has 7 heteroatoms. The standard InChI is InChI=1S/C14H16N6O/c1-8(21)18-12-7-10(19-14(17)20-13(15)16)6-9-4-2-3-5-11(9)12/h2-7H,1H3,(H,18,21)(H6,15,16,17,19,20). The second-order valence-electron chi connectivity index (χ2n) is 4.40. The van der Waals surface area contributed by atoms with E-state index in [0.717, 1.165) is 10.8 Å². The zero-order valence-electron chi connectivity index (χ0n) is 11.5. The van der Waals surface area contributed by atoms with E-state index in [9.17, 15) is 4.79 Å². The van der Waals surface area contributed by atoms with Crippen LogP contribution in [-0.2, 0) is 4.79 Å². The molecule has 0 bridgehead atoms. The van der Waals surface area contributed by atoms with Crippen molar-refractivity contribution in [3.05, 3.63) is 36.4 Å². The van der Waals surface area contributed by atoms with E-state index in [4.69, 9.17) is 17.2 Å². The number of nitrogens with two attached hydrogens (primary N) is 3. The number of hydrogen-bond donors (Lipinski definition) is 4. The number of carbonyl (C=O) groups is 1. The summed E-state index contributed by atoms with van der Waals surface area (Å²) >= 11 is 0. The maximum Gasteiger partial charge on any atom is 0.223 e. The molecule has 2 aromatic carbocycles. The Morgan fingerprint density at radius 3 is 2.52 bits per heavy atom. The van der Waals surface area contributed by atoms with Gasteiger partial charge in [0.1, 0.15) is 0 Å². The van der Waals surface area contributed by atoms with Crippen LogP contribution < -0.4 is 22.5 Å². The Morgan fingerprint density at radius 1 is 1.14 bits per heavy atom. The van der Waals surface area contributed by atoms with Crippen LogP contribution in [0.4, 0.5) is 11.4 Å². The van der Waals surface area contributed by atoms with Crippen molar-refractivity contribution >= 4 is 40.0 Å². The lowest BCUT2D eigenvalue weighted by Crippen LogP contribution is -2.26. The Labute approximate surface area is 121 Å². The van der Waals surface area contributed by atoms with Crippen molar-refractivity contribution in [2.75, 3.05) is 5.32 Å². The van der Waals surface area contributed by atoms with Crippen molar-refractivity contribution in [2.45, 2.75) is 6.92 Å². The van der Waals surface area contributed by atoms with E-state index in [-0.39, 0.29) is 17.8 Å². The molecule has 0 fully saturated rings. The third-order valence-electron chi connectivity index (χ3n) is 2.64. The molecule has 7 N–H and O–H groups in total. The zero-order chi connectivity index (χ0) is 15.4. The fourth-order valence-corrected chi connectivity index (χ4v) is 1.94. The predicted octanol–water partition coefficient (Wildman–Crippen LogP) is 1.02. The summed E-state index contributed by atoms with van der Waals surface area (Å²) in [6.07, 6.45) is 0. The number of fused-ring (bicyclic) bond motifs is 1. The molecule has 0 aliphatic rings. The monoisotopic (exact) mass is 284 g/mol. The summed E-state index contributed by atoms with van der Waals surface area (Å²) in [5, 5.41) is 4.59. The lowest BCUT2D eigenvalue weighted by Gasteiger charge is -2.08. The second-order valence-corrected chi connectivity index (χ2v) is 4.40. The number of carbonyl (C=O) groups excluding carboxylic acids is 1. The number of nitrogens with one attached hydrogen (secondary N) is 1. The Balaban J connectivity index is 2.56. The summed E-state index contributed by atoms with van der Waals surface area (Å²) < 4.78 is 0. The minimum absolute atomic E-state index is 0.0564. The first-order chi connectivity index (χ1) is 9.95. The average molecular weight is 284 g/mol. The van der Waals surface area contributed by atoms with Gasteiger partial charge in [-0.15, -0.1) is 0 Å². The predicted molar refractivity (Wildman–Crippen MR) is 85.3 cm³/mol. The normalized spacial score (nSPS) is 11.2. The number of aliphatic imine (C=N–C) groups is 2. The second kappa shape index (κ2) is 5.91. The fraction of sp³-hybridized carbons (Fsp3) is 0.0714. The van der Waals surface area contributed by atoms with Gasteiger partial charge in [-0.2, -0.15) is 4.99 Å². The number of rotatable bonds is 2. The Morgan fingerprint density at radius 2 is 1.86 bits per heavy atom. The number of anilines is 1. The van der Waals surface area contributed by atoms with Crippen LogP contribution in [0.1, 0.15) is 6.92 Å². The van der Waals surface area contributed by atoms with Crippen LogP contribution in [0.5, 0.6) is 0 Å². The quantitative estimate of drug-likeness (QED) is 0.484. The number of hydrogen-bond acceptors (Lipinski definition) is 2. The molecule has 108 valence electrons. The average Bonchev–Trinajstić information content (AvgIpc) is 2.36. The van der Waals surface area contributed by atoms with Gasteiger partial charge in [0.25, 0.3) is 0 Å². The third kappa shape index (κ3) is 3.69. The van der Waals surface area contributed by atoms with Gasteiger partial charge < -0.3 is 22.5 Å². The number of guanidine groups is 2. The van der Waals surface area contributed by atoms with Crippen LogP contribution in [0.3, 0.4) is 0 Å². The van der Waals surface area contributed by atoms with Crippen molar-refractivity contribution in [1.82, 2.24) is 0 Å². The lowest BCUT2D eigenvalue weighted by molar-refractivity contribution is -0.114. The first-order valence-corrected chi connectivity index (χ1v) is 6.20. The summed E-state index contributed by atoms with van der Waals surface area (Å²) in [4.78, 5) is 19.1. The summed E-state index contributed by atoms with van der Waals surface area (Å²) in [5.41, 5.74) is 17.3. The highest BCUT2D eigenvalue weighted by atomic mass is 16.1. The summed E-state index contributed by atoms with van der Waals surface area (Å²) in [6, 6.07) is 11.1. The number of benzene rings is 2. The maximum absolute atomic E-state index is 11.3. The molecule has 0 aromatic heterocycles. The third-order valence-corrected chi connectivity index (χ3v) is 2.64. The molecule has 0 atom stereocenters. The molecule has 0 radical (unpaired) electrons. The van der Waals surface area contributed by atoms with Crippen molar-refractivity contribution < 1.29 is 4.79 Å². The van der Waals surface area contributed by atoms with Gasteiger partial charge in [0.05, 0.1) is 11.4 Å². The molecule has 21 heavy (non-hydrogen) atoms. The number of nitrogens with zero attached hydrogens (tertiary/aromatic N) is 2. The molecule has 0 spiro atoms. The molecular weight excluding hydrogens is 268 g/mol. The van der Waals surface area contributed by atoms with E-state index < -0.39 is 0 Å². The molecule has 0 saturated carbocycles. The molecule has 7 nitrogen and oxygen atoms in total. The van der Waals surface area contributed by atoms with Gasteiger partial charge in [-0.25, -0.2) is 4.99 Å². The minimum atomic E-state index is -0.168. The van der Waals surface area contributed by atoms with Crippen LogP contribution in [0.25, 0.3) is 10.8 Å². The summed E-state index contributed by atoms with van der Waals surface area (Å²) in [7, 11) is 0. The van der Waals surface area contributed by atoms with Gasteiger partial charge in [-0.3, -0.25) is 4.79 Å². The van der Waals surface area contributed by atoms with Crippen LogP contribution in [0.15, 0.2) is 46.4 Å². The lowest BCUT2D eigenvalue weighted by atomic mass is 10.1. The summed E-state index contributed by atoms with van der Waals surface area (Å²) in [6.45, 7) is 1.44. The van der Waals surface area contributed by atoms with E-state index in [0.29, 0.717) is 11.4 Å². The first-order valence-electron chi connectivity index (χ1n) is 6.20. The largest absolute Gasteiger partial charge is 0.370 e. The zero-order valence-corrected chi connectivity index (χ0v) is 11.5. The van der Waals surface area contributed by atoms with E-state index >= 15 is 0 Å². The minimum Gasteiger partial charge on any atom is -0.370 e. The topological polar surface area (TPSA) is 132 Å². The highest BCUT2D eigenvalue weighted by Crippen LogP contribution is 2.29. The van der Waals surface area contributed by atoms with Gasteiger partial charge in [-0.05, 0) is 17.5 Å². The van der Waals surface area contributed by atoms with Crippen molar-refractivity contribution in [3.8, 4) is 0 Å². The van der Waals surface area contributed by atoms with E-state index in [1.165, 1.54) is 6.92 Å². The Bertz CT molecular complexity index is 746. The van der Waals surface area contributed by atoms with E-state index in [2.05, 4.69) is 15.3 Å². The van der Waals surface area contributed by atoms with Gasteiger partial charge >= 0.3 is 0 Å². The van der Waals surface area contributed by atoms with Crippen molar-refractivity contribution in [2.24, 2.45) is 27.2 Å². The molecule has 0 heterocycles. The van der Waals surface area contributed by atoms with E-state index in [1.807, 2.05) is 30.3 Å². The SMILES string of the molecule is CC(=O)Nc1cc(N=C(N)N=C(N)N)cc2ccccc12. The smallest absolute Gasteiger partial charge is 0.223 e.